The van der Waals surface area contributed by atoms with Gasteiger partial charge in [0.15, 0.2) is 0 Å². The third-order valence-electron chi connectivity index (χ3n) is 2.86. The maximum absolute atomic E-state index is 12.0. The highest BCUT2D eigenvalue weighted by atomic mass is 32.2. The number of anilines is 1. The van der Waals surface area contributed by atoms with E-state index >= 15 is 0 Å². The number of aryl methyl sites for hydroxylation is 1. The van der Waals surface area contributed by atoms with Gasteiger partial charge in [-0.3, -0.25) is 0 Å². The van der Waals surface area contributed by atoms with Crippen LogP contribution >= 0.6 is 11.8 Å². The molecule has 1 aromatic carbocycles. The van der Waals surface area contributed by atoms with Gasteiger partial charge in [-0.15, -0.1) is 0 Å². The summed E-state index contributed by atoms with van der Waals surface area (Å²) in [5.41, 5.74) is 7.80. The molecule has 0 aliphatic rings. The number of nitrogen functional groups attached to an aromatic ring is 1. The number of nitrogens with one attached hydrogen (secondary N) is 1. The van der Waals surface area contributed by atoms with Gasteiger partial charge in [-0.2, -0.15) is 0 Å². The molecular weight excluding hydrogens is 316 g/mol. The summed E-state index contributed by atoms with van der Waals surface area (Å²) in [7, 11) is 1.30. The van der Waals surface area contributed by atoms with E-state index in [1.807, 2.05) is 25.1 Å². The highest BCUT2D eigenvalue weighted by Crippen LogP contribution is 2.21. The average Bonchev–Trinajstić information content (AvgIpc) is 2.40. The molecule has 0 saturated heterocycles. The maximum atomic E-state index is 12.0. The molecule has 0 spiro atoms. The molecule has 1 rings (SSSR count). The number of rotatable bonds is 4. The largest absolute Gasteiger partial charge is 0.461 e. The van der Waals surface area contributed by atoms with Crippen molar-refractivity contribution in [3.05, 3.63) is 29.3 Å². The predicted octanol–water partition coefficient (Wildman–Crippen LogP) is 3.47. The molecule has 0 heterocycles. The van der Waals surface area contributed by atoms with Gasteiger partial charge in [-0.1, -0.05) is 6.07 Å². The zero-order chi connectivity index (χ0) is 17.6. The van der Waals surface area contributed by atoms with E-state index in [0.29, 0.717) is 12.1 Å². The third-order valence-corrected chi connectivity index (χ3v) is 3.79. The van der Waals surface area contributed by atoms with Gasteiger partial charge in [0, 0.05) is 12.1 Å². The van der Waals surface area contributed by atoms with E-state index in [9.17, 15) is 9.59 Å². The number of ether oxygens (including phenoxy) is 2. The van der Waals surface area contributed by atoms with Crippen molar-refractivity contribution in [3.63, 3.8) is 0 Å². The molecule has 3 N–H and O–H groups in total. The van der Waals surface area contributed by atoms with E-state index in [1.165, 1.54) is 7.11 Å². The first-order valence-electron chi connectivity index (χ1n) is 7.20. The number of benzene rings is 1. The minimum absolute atomic E-state index is 0.426. The van der Waals surface area contributed by atoms with Crippen LogP contribution in [-0.2, 0) is 15.9 Å². The van der Waals surface area contributed by atoms with Crippen molar-refractivity contribution >= 4 is 28.8 Å². The number of carbonyl (C=O) groups excluding carboxylic acids is 2. The summed E-state index contributed by atoms with van der Waals surface area (Å²) in [6, 6.07) is 5.54. The molecule has 128 valence electrons. The fourth-order valence-corrected chi connectivity index (χ4v) is 2.58. The Bertz CT molecular complexity index is 570. The van der Waals surface area contributed by atoms with Gasteiger partial charge in [0.05, 0.1) is 12.5 Å². The molecular formula is C16H24N2O4S. The Labute approximate surface area is 141 Å². The number of thioether (sulfide) groups is 1. The number of carbonyl (C=O) groups is 2. The highest BCUT2D eigenvalue weighted by Gasteiger charge is 2.23. The Hall–Kier alpha value is -1.89. The van der Waals surface area contributed by atoms with Gasteiger partial charge in [0.25, 0.3) is 0 Å². The summed E-state index contributed by atoms with van der Waals surface area (Å²) < 4.78 is 9.90. The molecule has 0 aliphatic heterocycles. The van der Waals surface area contributed by atoms with E-state index in [4.69, 9.17) is 10.5 Å². The summed E-state index contributed by atoms with van der Waals surface area (Å²) in [4.78, 5) is 23.5. The lowest BCUT2D eigenvalue weighted by Crippen LogP contribution is -2.39. The van der Waals surface area contributed by atoms with Crippen LogP contribution in [-0.4, -0.2) is 29.5 Å². The predicted molar refractivity (Wildman–Crippen MR) is 92.4 cm³/mol. The number of methoxy groups -OCH3 is 1. The Kier molecular flexibility index (Phi) is 6.75. The van der Waals surface area contributed by atoms with Crippen molar-refractivity contribution < 1.29 is 19.1 Å². The van der Waals surface area contributed by atoms with Crippen LogP contribution in [0.4, 0.5) is 15.3 Å². The van der Waals surface area contributed by atoms with E-state index in [0.717, 1.165) is 22.9 Å². The number of nitrogens with two attached hydrogens (primary N) is 1. The number of amides is 1. The minimum atomic E-state index is -0.613. The molecule has 0 aliphatic carbocycles. The quantitative estimate of drug-likeness (QED) is 0.495. The van der Waals surface area contributed by atoms with E-state index in [-0.39, 0.29) is 0 Å². The SMILES string of the molecule is COC(=O)S[C@H](Cc1cc(N)ccc1C)NC(=O)OC(C)(C)C. The Morgan fingerprint density at radius 1 is 1.35 bits per heavy atom. The van der Waals surface area contributed by atoms with Gasteiger partial charge < -0.3 is 20.5 Å². The zero-order valence-electron chi connectivity index (χ0n) is 14.1. The van der Waals surface area contributed by atoms with Crippen LogP contribution in [0.25, 0.3) is 0 Å². The monoisotopic (exact) mass is 340 g/mol. The first-order chi connectivity index (χ1) is 10.6. The first-order valence-corrected chi connectivity index (χ1v) is 8.08. The molecule has 7 heteroatoms. The lowest BCUT2D eigenvalue weighted by molar-refractivity contribution is 0.0522. The molecule has 0 aromatic heterocycles. The second-order valence-electron chi connectivity index (χ2n) is 6.10. The van der Waals surface area contributed by atoms with Gasteiger partial charge in [0.2, 0.25) is 0 Å². The molecule has 1 aromatic rings. The van der Waals surface area contributed by atoms with Gasteiger partial charge in [0.1, 0.15) is 5.60 Å². The lowest BCUT2D eigenvalue weighted by Gasteiger charge is -2.23. The van der Waals surface area contributed by atoms with Crippen LogP contribution < -0.4 is 11.1 Å². The molecule has 0 saturated carbocycles. The van der Waals surface area contributed by atoms with Gasteiger partial charge >= 0.3 is 11.4 Å². The summed E-state index contributed by atoms with van der Waals surface area (Å²) in [5, 5.41) is 1.70. The summed E-state index contributed by atoms with van der Waals surface area (Å²) >= 11 is 0.895. The fourth-order valence-electron chi connectivity index (χ4n) is 1.84. The first kappa shape index (κ1) is 19.2. The standard InChI is InChI=1S/C16H24N2O4S/c1-10-6-7-12(17)8-11(10)9-13(23-15(20)21-5)18-14(19)22-16(2,3)4/h6-8,13H,9,17H2,1-5H3,(H,18,19)/t13-/m1/s1. The summed E-state index contributed by atoms with van der Waals surface area (Å²) in [6.07, 6.45) is -0.156. The van der Waals surface area contributed by atoms with Crippen molar-refractivity contribution in [2.24, 2.45) is 0 Å². The van der Waals surface area contributed by atoms with Crippen LogP contribution in [0, 0.1) is 6.92 Å². The van der Waals surface area contributed by atoms with E-state index < -0.39 is 22.4 Å². The second-order valence-corrected chi connectivity index (χ2v) is 7.23. The normalized spacial score (nSPS) is 12.4. The average molecular weight is 340 g/mol. The van der Waals surface area contributed by atoms with Crippen LogP contribution in [0.15, 0.2) is 18.2 Å². The third kappa shape index (κ3) is 7.27. The minimum Gasteiger partial charge on any atom is -0.461 e. The highest BCUT2D eigenvalue weighted by molar-refractivity contribution is 8.13. The topological polar surface area (TPSA) is 90.6 Å². The Balaban J connectivity index is 2.85. The smallest absolute Gasteiger partial charge is 0.408 e. The van der Waals surface area contributed by atoms with E-state index in [2.05, 4.69) is 10.1 Å². The maximum Gasteiger partial charge on any atom is 0.408 e. The number of hydrogen-bond donors (Lipinski definition) is 2. The molecule has 23 heavy (non-hydrogen) atoms. The molecule has 0 unspecified atom stereocenters. The van der Waals surface area contributed by atoms with Crippen molar-refractivity contribution in [1.82, 2.24) is 5.32 Å². The molecule has 6 nitrogen and oxygen atoms in total. The van der Waals surface area contributed by atoms with Crippen molar-refractivity contribution in [3.8, 4) is 0 Å². The van der Waals surface area contributed by atoms with Gasteiger partial charge in [-0.05, 0) is 62.7 Å². The van der Waals surface area contributed by atoms with Crippen molar-refractivity contribution in [2.45, 2.75) is 45.1 Å². The van der Waals surface area contributed by atoms with Crippen LogP contribution in [0.1, 0.15) is 31.9 Å². The zero-order valence-corrected chi connectivity index (χ0v) is 15.0. The molecule has 1 amide bonds. The molecule has 0 radical (unpaired) electrons. The van der Waals surface area contributed by atoms with Crippen LogP contribution in [0.3, 0.4) is 0 Å². The van der Waals surface area contributed by atoms with Crippen molar-refractivity contribution in [1.29, 1.82) is 0 Å². The summed E-state index contributed by atoms with van der Waals surface area (Å²) in [6.45, 7) is 7.27. The van der Waals surface area contributed by atoms with Crippen molar-refractivity contribution in [2.75, 3.05) is 12.8 Å². The van der Waals surface area contributed by atoms with E-state index in [1.54, 1.807) is 20.8 Å². The Morgan fingerprint density at radius 3 is 2.57 bits per heavy atom. The lowest BCUT2D eigenvalue weighted by atomic mass is 10.0. The van der Waals surface area contributed by atoms with Gasteiger partial charge in [-0.25, -0.2) is 9.59 Å². The molecule has 1 atom stereocenters. The number of alkyl carbamates (subject to hydrolysis) is 1. The molecule has 0 bridgehead atoms. The van der Waals surface area contributed by atoms with Crippen LogP contribution in [0.5, 0.6) is 0 Å². The fraction of sp³-hybridized carbons (Fsp3) is 0.500. The van der Waals surface area contributed by atoms with Crippen LogP contribution in [0.2, 0.25) is 0 Å². The molecule has 0 fully saturated rings. The number of hydrogen-bond acceptors (Lipinski definition) is 6. The second kappa shape index (κ2) is 8.10. The summed E-state index contributed by atoms with van der Waals surface area (Å²) in [5.74, 6) is 0. The Morgan fingerprint density at radius 2 is 2.00 bits per heavy atom.